The highest BCUT2D eigenvalue weighted by Crippen LogP contribution is 2.34. The zero-order valence-corrected chi connectivity index (χ0v) is 13.6. The van der Waals surface area contributed by atoms with Crippen LogP contribution in [0.2, 0.25) is 0 Å². The molecular weight excluding hydrogens is 258 g/mol. The Bertz CT molecular complexity index is 442. The lowest BCUT2D eigenvalue weighted by Gasteiger charge is -2.22. The number of hydrogen-bond acceptors (Lipinski definition) is 2. The fourth-order valence-corrected chi connectivity index (χ4v) is 3.43. The van der Waals surface area contributed by atoms with Gasteiger partial charge < -0.3 is 10.3 Å². The number of rotatable bonds is 8. The Labute approximate surface area is 129 Å². The summed E-state index contributed by atoms with van der Waals surface area (Å²) in [6.07, 6.45) is 14.6. The molecule has 0 radical (unpaired) electrons. The topological polar surface area (TPSA) is 43.8 Å². The Morgan fingerprint density at radius 3 is 2.67 bits per heavy atom. The standard InChI is InChI=1S/C18H31N3/c1-3-5-6-10-13-16-17(19)21(14-4-2)18(20-16)15-11-8-7-9-12-15/h4,15H,2-3,5-14,19H2,1H3. The minimum atomic E-state index is 0.602. The van der Waals surface area contributed by atoms with Crippen LogP contribution < -0.4 is 5.73 Å². The summed E-state index contributed by atoms with van der Waals surface area (Å²) in [5.41, 5.74) is 7.48. The molecule has 0 bridgehead atoms. The molecule has 1 aromatic rings. The average Bonchev–Trinajstić information content (AvgIpc) is 2.82. The summed E-state index contributed by atoms with van der Waals surface area (Å²) < 4.78 is 2.21. The highest BCUT2D eigenvalue weighted by atomic mass is 15.1. The Hall–Kier alpha value is -1.25. The van der Waals surface area contributed by atoms with Crippen molar-refractivity contribution in [1.29, 1.82) is 0 Å². The number of nitrogens with zero attached hydrogens (tertiary/aromatic N) is 2. The predicted molar refractivity (Wildman–Crippen MR) is 90.5 cm³/mol. The van der Waals surface area contributed by atoms with Crippen molar-refractivity contribution in [3.63, 3.8) is 0 Å². The molecule has 0 amide bonds. The molecule has 1 fully saturated rings. The molecule has 118 valence electrons. The van der Waals surface area contributed by atoms with E-state index in [2.05, 4.69) is 18.1 Å². The molecule has 2 rings (SSSR count). The molecule has 3 heteroatoms. The zero-order valence-electron chi connectivity index (χ0n) is 13.6. The largest absolute Gasteiger partial charge is 0.384 e. The number of nitrogen functional groups attached to an aromatic ring is 1. The van der Waals surface area contributed by atoms with Crippen LogP contribution in [-0.4, -0.2) is 9.55 Å². The zero-order chi connectivity index (χ0) is 15.1. The molecule has 0 aliphatic heterocycles. The maximum absolute atomic E-state index is 6.36. The van der Waals surface area contributed by atoms with Crippen LogP contribution in [0.15, 0.2) is 12.7 Å². The van der Waals surface area contributed by atoms with Crippen LogP contribution in [0.3, 0.4) is 0 Å². The number of nitrogens with two attached hydrogens (primary N) is 1. The maximum atomic E-state index is 6.36. The van der Waals surface area contributed by atoms with E-state index in [9.17, 15) is 0 Å². The van der Waals surface area contributed by atoms with Gasteiger partial charge in [-0.15, -0.1) is 6.58 Å². The van der Waals surface area contributed by atoms with E-state index in [1.807, 2.05) is 6.08 Å². The van der Waals surface area contributed by atoms with Crippen molar-refractivity contribution in [3.05, 3.63) is 24.2 Å². The highest BCUT2D eigenvalue weighted by molar-refractivity contribution is 5.39. The van der Waals surface area contributed by atoms with Gasteiger partial charge in [-0.3, -0.25) is 0 Å². The molecule has 0 aromatic carbocycles. The fraction of sp³-hybridized carbons (Fsp3) is 0.722. The van der Waals surface area contributed by atoms with Crippen LogP contribution in [0.25, 0.3) is 0 Å². The number of anilines is 1. The van der Waals surface area contributed by atoms with E-state index in [1.54, 1.807) is 0 Å². The van der Waals surface area contributed by atoms with Crippen LogP contribution in [0.1, 0.15) is 82.1 Å². The van der Waals surface area contributed by atoms with Crippen molar-refractivity contribution in [2.75, 3.05) is 5.73 Å². The van der Waals surface area contributed by atoms with E-state index >= 15 is 0 Å². The van der Waals surface area contributed by atoms with Crippen LogP contribution in [0, 0.1) is 0 Å². The summed E-state index contributed by atoms with van der Waals surface area (Å²) >= 11 is 0. The predicted octanol–water partition coefficient (Wildman–Crippen LogP) is 4.82. The van der Waals surface area contributed by atoms with Crippen molar-refractivity contribution < 1.29 is 0 Å². The smallest absolute Gasteiger partial charge is 0.127 e. The van der Waals surface area contributed by atoms with Crippen LogP contribution >= 0.6 is 0 Å². The lowest BCUT2D eigenvalue weighted by Crippen LogP contribution is -2.13. The van der Waals surface area contributed by atoms with Crippen LogP contribution in [-0.2, 0) is 13.0 Å². The molecule has 0 unspecified atom stereocenters. The highest BCUT2D eigenvalue weighted by Gasteiger charge is 2.23. The molecule has 1 heterocycles. The van der Waals surface area contributed by atoms with Crippen molar-refractivity contribution in [2.24, 2.45) is 0 Å². The first-order chi connectivity index (χ1) is 10.3. The Kier molecular flexibility index (Phi) is 6.34. The molecule has 3 nitrogen and oxygen atoms in total. The van der Waals surface area contributed by atoms with Gasteiger partial charge in [0.2, 0.25) is 0 Å². The number of hydrogen-bond donors (Lipinski definition) is 1. The summed E-state index contributed by atoms with van der Waals surface area (Å²) in [6.45, 7) is 6.91. The van der Waals surface area contributed by atoms with Gasteiger partial charge >= 0.3 is 0 Å². The second-order valence-electron chi connectivity index (χ2n) is 6.35. The van der Waals surface area contributed by atoms with E-state index in [1.165, 1.54) is 63.6 Å². The summed E-state index contributed by atoms with van der Waals surface area (Å²) in [5.74, 6) is 2.70. The monoisotopic (exact) mass is 289 g/mol. The van der Waals surface area contributed by atoms with Gasteiger partial charge in [-0.2, -0.15) is 0 Å². The first kappa shape index (κ1) is 16.1. The average molecular weight is 289 g/mol. The normalized spacial score (nSPS) is 16.2. The van der Waals surface area contributed by atoms with Crippen LogP contribution in [0.5, 0.6) is 0 Å². The van der Waals surface area contributed by atoms with E-state index in [4.69, 9.17) is 10.7 Å². The minimum Gasteiger partial charge on any atom is -0.384 e. The summed E-state index contributed by atoms with van der Waals surface area (Å²) in [4.78, 5) is 4.94. The molecule has 1 saturated carbocycles. The number of aryl methyl sites for hydroxylation is 1. The van der Waals surface area contributed by atoms with Crippen molar-refractivity contribution in [3.8, 4) is 0 Å². The van der Waals surface area contributed by atoms with Crippen molar-refractivity contribution in [2.45, 2.75) is 83.6 Å². The summed E-state index contributed by atoms with van der Waals surface area (Å²) in [7, 11) is 0. The third-order valence-corrected chi connectivity index (χ3v) is 4.66. The van der Waals surface area contributed by atoms with Gasteiger partial charge in [-0.25, -0.2) is 4.98 Å². The van der Waals surface area contributed by atoms with Gasteiger partial charge in [0.1, 0.15) is 11.6 Å². The second kappa shape index (κ2) is 8.26. The summed E-state index contributed by atoms with van der Waals surface area (Å²) in [5, 5.41) is 0. The number of unbranched alkanes of at least 4 members (excludes halogenated alkanes) is 3. The fourth-order valence-electron chi connectivity index (χ4n) is 3.43. The van der Waals surface area contributed by atoms with Gasteiger partial charge in [-0.05, 0) is 25.7 Å². The van der Waals surface area contributed by atoms with Crippen LogP contribution in [0.4, 0.5) is 5.82 Å². The van der Waals surface area contributed by atoms with E-state index in [0.29, 0.717) is 5.92 Å². The molecule has 21 heavy (non-hydrogen) atoms. The quantitative estimate of drug-likeness (QED) is 0.550. The number of imidazole rings is 1. The molecule has 1 aliphatic carbocycles. The van der Waals surface area contributed by atoms with Gasteiger partial charge in [0.25, 0.3) is 0 Å². The molecule has 0 saturated heterocycles. The molecule has 0 spiro atoms. The Morgan fingerprint density at radius 2 is 2.00 bits per heavy atom. The van der Waals surface area contributed by atoms with Crippen molar-refractivity contribution in [1.82, 2.24) is 9.55 Å². The van der Waals surface area contributed by atoms with Gasteiger partial charge in [0.05, 0.1) is 5.69 Å². The number of allylic oxidation sites excluding steroid dienone is 1. The molecular formula is C18H31N3. The summed E-state index contributed by atoms with van der Waals surface area (Å²) in [6, 6.07) is 0. The van der Waals surface area contributed by atoms with Gasteiger partial charge in [0.15, 0.2) is 0 Å². The first-order valence-corrected chi connectivity index (χ1v) is 8.73. The van der Waals surface area contributed by atoms with E-state index < -0.39 is 0 Å². The lowest BCUT2D eigenvalue weighted by molar-refractivity contribution is 0.419. The third kappa shape index (κ3) is 4.12. The minimum absolute atomic E-state index is 0.602. The van der Waals surface area contributed by atoms with Gasteiger partial charge in [0, 0.05) is 12.5 Å². The first-order valence-electron chi connectivity index (χ1n) is 8.73. The molecule has 0 atom stereocenters. The third-order valence-electron chi connectivity index (χ3n) is 4.66. The van der Waals surface area contributed by atoms with E-state index in [0.717, 1.165) is 24.5 Å². The second-order valence-corrected chi connectivity index (χ2v) is 6.35. The lowest BCUT2D eigenvalue weighted by atomic mass is 9.88. The Morgan fingerprint density at radius 1 is 1.24 bits per heavy atom. The Balaban J connectivity index is 2.12. The van der Waals surface area contributed by atoms with Gasteiger partial charge in [-0.1, -0.05) is 51.5 Å². The number of aromatic nitrogens is 2. The molecule has 2 N–H and O–H groups in total. The SMILES string of the molecule is C=CCn1c(C2CCCCC2)nc(CCCCCC)c1N. The maximum Gasteiger partial charge on any atom is 0.127 e. The molecule has 1 aromatic heterocycles. The van der Waals surface area contributed by atoms with E-state index in [-0.39, 0.29) is 0 Å². The molecule has 1 aliphatic rings. The van der Waals surface area contributed by atoms with Crippen molar-refractivity contribution >= 4 is 5.82 Å².